The van der Waals surface area contributed by atoms with Crippen molar-refractivity contribution in [2.75, 3.05) is 16.0 Å². The Kier molecular flexibility index (Phi) is 5.21. The average Bonchev–Trinajstić information content (AvgIpc) is 2.75. The summed E-state index contributed by atoms with van der Waals surface area (Å²) in [6, 6.07) is 29.4. The Bertz CT molecular complexity index is 1160. The van der Waals surface area contributed by atoms with Crippen LogP contribution in [0, 0.1) is 0 Å². The van der Waals surface area contributed by atoms with Gasteiger partial charge in [0.15, 0.2) is 0 Å². The third-order valence-corrected chi connectivity index (χ3v) is 4.44. The normalized spacial score (nSPS) is 10.3. The van der Waals surface area contributed by atoms with Crippen LogP contribution >= 0.6 is 0 Å². The zero-order chi connectivity index (χ0) is 20.1. The van der Waals surface area contributed by atoms with Crippen molar-refractivity contribution >= 4 is 39.8 Å². The summed E-state index contributed by atoms with van der Waals surface area (Å²) in [6.45, 7) is 0. The molecule has 0 fully saturated rings. The molecule has 0 aliphatic heterocycles. The second-order valence-electron chi connectivity index (χ2n) is 6.54. The monoisotopic (exact) mass is 381 g/mol. The van der Waals surface area contributed by atoms with Gasteiger partial charge in [-0.05, 0) is 59.3 Å². The molecule has 0 aliphatic rings. The summed E-state index contributed by atoms with van der Waals surface area (Å²) >= 11 is 0. The number of hydrogen-bond acceptors (Lipinski definition) is 2. The van der Waals surface area contributed by atoms with Gasteiger partial charge in [-0.15, -0.1) is 0 Å². The zero-order valence-electron chi connectivity index (χ0n) is 15.6. The largest absolute Gasteiger partial charge is 0.323 e. The number of hydrogen-bond donors (Lipinski definition) is 3. The molecule has 0 atom stereocenters. The molecule has 142 valence electrons. The molecule has 5 heteroatoms. The fourth-order valence-electron chi connectivity index (χ4n) is 2.99. The number of nitrogens with one attached hydrogen (secondary N) is 3. The van der Waals surface area contributed by atoms with Crippen molar-refractivity contribution < 1.29 is 9.59 Å². The lowest BCUT2D eigenvalue weighted by atomic mass is 10.1. The van der Waals surface area contributed by atoms with E-state index >= 15 is 0 Å². The molecule has 3 N–H and O–H groups in total. The first-order chi connectivity index (χ1) is 14.2. The molecule has 0 aromatic heterocycles. The minimum Gasteiger partial charge on any atom is -0.322 e. The Morgan fingerprint density at radius 2 is 1.07 bits per heavy atom. The van der Waals surface area contributed by atoms with Gasteiger partial charge < -0.3 is 16.0 Å². The molecule has 4 rings (SSSR count). The number of carbonyl (C=O) groups excluding carboxylic acids is 2. The van der Waals surface area contributed by atoms with Crippen molar-refractivity contribution in [1.82, 2.24) is 0 Å². The van der Waals surface area contributed by atoms with Gasteiger partial charge in [0, 0.05) is 22.6 Å². The highest BCUT2D eigenvalue weighted by Gasteiger charge is 2.08. The van der Waals surface area contributed by atoms with Crippen molar-refractivity contribution in [1.29, 1.82) is 0 Å². The molecular weight excluding hydrogens is 362 g/mol. The first-order valence-corrected chi connectivity index (χ1v) is 9.21. The van der Waals surface area contributed by atoms with E-state index < -0.39 is 0 Å². The van der Waals surface area contributed by atoms with Crippen LogP contribution in [0.5, 0.6) is 0 Å². The van der Waals surface area contributed by atoms with E-state index in [-0.39, 0.29) is 11.9 Å². The highest BCUT2D eigenvalue weighted by molar-refractivity contribution is 6.06. The SMILES string of the molecule is O=C(Nc1ccccc1)Nc1ccc(NC(=O)c2ccc3ccccc3c2)cc1. The number of anilines is 3. The number of benzene rings is 4. The van der Waals surface area contributed by atoms with Crippen LogP contribution in [-0.4, -0.2) is 11.9 Å². The van der Waals surface area contributed by atoms with Crippen molar-refractivity contribution in [3.8, 4) is 0 Å². The minimum absolute atomic E-state index is 0.182. The van der Waals surface area contributed by atoms with Gasteiger partial charge in [0.2, 0.25) is 0 Å². The van der Waals surface area contributed by atoms with Crippen LogP contribution in [0.4, 0.5) is 21.9 Å². The smallest absolute Gasteiger partial charge is 0.322 e. The summed E-state index contributed by atoms with van der Waals surface area (Å²) in [4.78, 5) is 24.6. The molecule has 0 radical (unpaired) electrons. The molecule has 0 heterocycles. The first kappa shape index (κ1) is 18.3. The Morgan fingerprint density at radius 3 is 1.76 bits per heavy atom. The minimum atomic E-state index is -0.329. The van der Waals surface area contributed by atoms with Gasteiger partial charge in [-0.25, -0.2) is 4.79 Å². The standard InChI is InChI=1S/C24H19N3O2/c28-23(19-11-10-17-6-4-5-7-18(17)16-19)25-21-12-14-22(15-13-21)27-24(29)26-20-8-2-1-3-9-20/h1-16H,(H,25,28)(H2,26,27,29). The van der Waals surface area contributed by atoms with Crippen LogP contribution in [0.1, 0.15) is 10.4 Å². The van der Waals surface area contributed by atoms with Crippen molar-refractivity contribution in [2.45, 2.75) is 0 Å². The second-order valence-corrected chi connectivity index (χ2v) is 6.54. The summed E-state index contributed by atoms with van der Waals surface area (Å²) in [6.07, 6.45) is 0. The van der Waals surface area contributed by atoms with Crippen LogP contribution in [0.2, 0.25) is 0 Å². The Hall–Kier alpha value is -4.12. The van der Waals surface area contributed by atoms with E-state index in [9.17, 15) is 9.59 Å². The van der Waals surface area contributed by atoms with Gasteiger partial charge in [-0.2, -0.15) is 0 Å². The molecule has 0 aliphatic carbocycles. The molecule has 29 heavy (non-hydrogen) atoms. The maximum Gasteiger partial charge on any atom is 0.323 e. The Morgan fingerprint density at radius 1 is 0.517 bits per heavy atom. The Balaban J connectivity index is 1.38. The van der Waals surface area contributed by atoms with E-state index in [2.05, 4.69) is 16.0 Å². The summed E-state index contributed by atoms with van der Waals surface area (Å²) in [5.74, 6) is -0.182. The predicted molar refractivity (Wildman–Crippen MR) is 117 cm³/mol. The molecule has 4 aromatic carbocycles. The summed E-state index contributed by atoms with van der Waals surface area (Å²) < 4.78 is 0. The van der Waals surface area contributed by atoms with E-state index in [1.165, 1.54) is 0 Å². The number of urea groups is 1. The van der Waals surface area contributed by atoms with E-state index in [0.29, 0.717) is 22.6 Å². The highest BCUT2D eigenvalue weighted by Crippen LogP contribution is 2.18. The molecule has 0 bridgehead atoms. The summed E-state index contributed by atoms with van der Waals surface area (Å²) in [5.41, 5.74) is 2.58. The maximum absolute atomic E-state index is 12.5. The van der Waals surface area contributed by atoms with E-state index in [1.807, 2.05) is 72.8 Å². The zero-order valence-corrected chi connectivity index (χ0v) is 15.6. The van der Waals surface area contributed by atoms with Gasteiger partial charge in [-0.1, -0.05) is 48.5 Å². The van der Waals surface area contributed by atoms with Crippen LogP contribution in [0.3, 0.4) is 0 Å². The van der Waals surface area contributed by atoms with Gasteiger partial charge in [0.25, 0.3) is 5.91 Å². The van der Waals surface area contributed by atoms with Crippen LogP contribution in [0.25, 0.3) is 10.8 Å². The molecule has 0 saturated carbocycles. The molecule has 3 amide bonds. The first-order valence-electron chi connectivity index (χ1n) is 9.21. The number of fused-ring (bicyclic) bond motifs is 1. The molecule has 5 nitrogen and oxygen atoms in total. The fraction of sp³-hybridized carbons (Fsp3) is 0. The third kappa shape index (κ3) is 4.59. The van der Waals surface area contributed by atoms with Crippen molar-refractivity contribution in [3.05, 3.63) is 103 Å². The van der Waals surface area contributed by atoms with Gasteiger partial charge in [-0.3, -0.25) is 4.79 Å². The van der Waals surface area contributed by atoms with E-state index in [4.69, 9.17) is 0 Å². The molecule has 0 saturated heterocycles. The molecule has 0 spiro atoms. The maximum atomic E-state index is 12.5. The quantitative estimate of drug-likeness (QED) is 0.422. The van der Waals surface area contributed by atoms with Gasteiger partial charge >= 0.3 is 6.03 Å². The van der Waals surface area contributed by atoms with Crippen LogP contribution < -0.4 is 16.0 Å². The lowest BCUT2D eigenvalue weighted by Crippen LogP contribution is -2.19. The molecular formula is C24H19N3O2. The summed E-state index contributed by atoms with van der Waals surface area (Å²) in [5, 5.41) is 10.5. The number of carbonyl (C=O) groups is 2. The van der Waals surface area contributed by atoms with E-state index in [0.717, 1.165) is 10.8 Å². The van der Waals surface area contributed by atoms with E-state index in [1.54, 1.807) is 24.3 Å². The molecule has 0 unspecified atom stereocenters. The number of para-hydroxylation sites is 1. The predicted octanol–water partition coefficient (Wildman–Crippen LogP) is 5.74. The topological polar surface area (TPSA) is 70.2 Å². The van der Waals surface area contributed by atoms with Crippen LogP contribution in [0.15, 0.2) is 97.1 Å². The second kappa shape index (κ2) is 8.27. The highest BCUT2D eigenvalue weighted by atomic mass is 16.2. The lowest BCUT2D eigenvalue weighted by molar-refractivity contribution is 0.102. The number of amides is 3. The van der Waals surface area contributed by atoms with Gasteiger partial charge in [0.05, 0.1) is 0 Å². The average molecular weight is 381 g/mol. The molecule has 4 aromatic rings. The van der Waals surface area contributed by atoms with Crippen LogP contribution in [-0.2, 0) is 0 Å². The third-order valence-electron chi connectivity index (χ3n) is 4.44. The van der Waals surface area contributed by atoms with Crippen molar-refractivity contribution in [3.63, 3.8) is 0 Å². The fourth-order valence-corrected chi connectivity index (χ4v) is 2.99. The van der Waals surface area contributed by atoms with Gasteiger partial charge in [0.1, 0.15) is 0 Å². The lowest BCUT2D eigenvalue weighted by Gasteiger charge is -2.09. The number of rotatable bonds is 4. The Labute approximate surface area is 168 Å². The van der Waals surface area contributed by atoms with Crippen molar-refractivity contribution in [2.24, 2.45) is 0 Å². The summed E-state index contributed by atoms with van der Waals surface area (Å²) in [7, 11) is 0.